The summed E-state index contributed by atoms with van der Waals surface area (Å²) in [6.07, 6.45) is 0. The molecule has 3 heterocycles. The summed E-state index contributed by atoms with van der Waals surface area (Å²) in [5.74, 6) is 0. The second-order valence-corrected chi connectivity index (χ2v) is 7.02. The van der Waals surface area contributed by atoms with Crippen LogP contribution in [0.5, 0.6) is 0 Å². The van der Waals surface area contributed by atoms with E-state index in [4.69, 9.17) is 0 Å². The van der Waals surface area contributed by atoms with Gasteiger partial charge in [-0.1, -0.05) is 0 Å². The average molecular weight is 540 g/mol. The van der Waals surface area contributed by atoms with Gasteiger partial charge in [-0.2, -0.15) is 0 Å². The number of nitrogens with zero attached hydrogens (tertiary/aromatic N) is 2. The van der Waals surface area contributed by atoms with Crippen LogP contribution in [0.4, 0.5) is 0 Å². The SMILES string of the molecule is O=[N+]([O-])C12CNCCNCC([N+](=O)[O-])(CNCCNC1)CNCCNC2.[Cl-].[Cl-].[Cl-].[Co+3]. The molecule has 16 heteroatoms. The van der Waals surface area contributed by atoms with Crippen LogP contribution in [-0.4, -0.2) is 99.5 Å². The molecule has 6 N–H and O–H groups in total. The number of rotatable bonds is 2. The van der Waals surface area contributed by atoms with Gasteiger partial charge in [0.15, 0.2) is 0 Å². The molecule has 0 aliphatic carbocycles. The molecule has 12 nitrogen and oxygen atoms in total. The molecule has 3 aliphatic rings. The molecule has 3 aliphatic heterocycles. The van der Waals surface area contributed by atoms with Crippen molar-refractivity contribution < 1.29 is 63.8 Å². The van der Waals surface area contributed by atoms with Crippen LogP contribution < -0.4 is 69.1 Å². The molecule has 0 saturated carbocycles. The van der Waals surface area contributed by atoms with Crippen LogP contribution in [0.1, 0.15) is 0 Å². The molecular weight excluding hydrogens is 509 g/mol. The Kier molecular flexibility index (Phi) is 20.1. The van der Waals surface area contributed by atoms with Crippen molar-refractivity contribution in [3.05, 3.63) is 20.2 Å². The summed E-state index contributed by atoms with van der Waals surface area (Å²) < 4.78 is 0. The van der Waals surface area contributed by atoms with E-state index in [1.54, 1.807) is 0 Å². The Morgan fingerprint density at radius 1 is 0.500 bits per heavy atom. The van der Waals surface area contributed by atoms with Crippen molar-refractivity contribution in [2.75, 3.05) is 78.5 Å². The van der Waals surface area contributed by atoms with E-state index in [-0.39, 0.29) is 103 Å². The van der Waals surface area contributed by atoms with E-state index in [0.29, 0.717) is 39.3 Å². The van der Waals surface area contributed by atoms with E-state index >= 15 is 0 Å². The van der Waals surface area contributed by atoms with E-state index in [1.807, 2.05) is 0 Å². The Labute approximate surface area is 205 Å². The Morgan fingerprint density at radius 2 is 0.667 bits per heavy atom. The third-order valence-corrected chi connectivity index (χ3v) is 4.93. The summed E-state index contributed by atoms with van der Waals surface area (Å²) in [5.41, 5.74) is -2.28. The first-order valence-corrected chi connectivity index (χ1v) is 9.04. The Bertz CT molecular complexity index is 413. The average Bonchev–Trinajstić information content (AvgIpc) is 2.61. The van der Waals surface area contributed by atoms with E-state index in [2.05, 4.69) is 31.9 Å². The van der Waals surface area contributed by atoms with Crippen LogP contribution in [-0.2, 0) is 16.8 Å². The van der Waals surface area contributed by atoms with Gasteiger partial charge in [0.2, 0.25) is 0 Å². The number of fused-ring (bicyclic) bond motifs is 15. The van der Waals surface area contributed by atoms with E-state index in [9.17, 15) is 20.2 Å². The summed E-state index contributed by atoms with van der Waals surface area (Å²) in [7, 11) is 0. The van der Waals surface area contributed by atoms with Gasteiger partial charge < -0.3 is 69.1 Å². The number of nitro groups is 2. The molecule has 0 spiro atoms. The van der Waals surface area contributed by atoms with Gasteiger partial charge in [0.25, 0.3) is 11.1 Å². The zero-order chi connectivity index (χ0) is 18.9. The first-order valence-electron chi connectivity index (χ1n) is 9.04. The fourth-order valence-electron chi connectivity index (χ4n) is 3.22. The van der Waals surface area contributed by atoms with E-state index in [1.165, 1.54) is 0 Å². The molecule has 30 heavy (non-hydrogen) atoms. The Morgan fingerprint density at radius 3 is 0.800 bits per heavy atom. The molecule has 0 atom stereocenters. The third kappa shape index (κ3) is 10.0. The minimum Gasteiger partial charge on any atom is -1.00 e. The van der Waals surface area contributed by atoms with Gasteiger partial charge in [0.05, 0.1) is 39.3 Å². The second-order valence-electron chi connectivity index (χ2n) is 7.02. The monoisotopic (exact) mass is 538 g/mol. The molecule has 3 fully saturated rings. The van der Waals surface area contributed by atoms with E-state index < -0.39 is 11.1 Å². The molecule has 0 radical (unpaired) electrons. The summed E-state index contributed by atoms with van der Waals surface area (Å²) in [6, 6.07) is 0. The quantitative estimate of drug-likeness (QED) is 0.147. The van der Waals surface area contributed by atoms with Crippen LogP contribution in [0.3, 0.4) is 0 Å². The molecule has 0 unspecified atom stereocenters. The maximum absolute atomic E-state index is 11.8. The maximum Gasteiger partial charge on any atom is 3.00 e. The fourth-order valence-corrected chi connectivity index (χ4v) is 3.22. The van der Waals surface area contributed by atoms with Crippen LogP contribution >= 0.6 is 0 Å². The summed E-state index contributed by atoms with van der Waals surface area (Å²) in [5, 5.41) is 42.3. The Hall–Kier alpha value is -0.0635. The van der Waals surface area contributed by atoms with Crippen molar-refractivity contribution in [3.8, 4) is 0 Å². The standard InChI is InChI=1S/C14H30N8O4.3ClH.Co/c23-21(24)13-7-15-1-2-16-8-14(22(25)26,11-19-5-3-17-9-13)12-20-6-4-18-10-13;;;;/h15-20H,1-12H2;3*1H;/q;;;;+3/p-3. The summed E-state index contributed by atoms with van der Waals surface area (Å²) in [4.78, 5) is 23.1. The van der Waals surface area contributed by atoms with Gasteiger partial charge in [0, 0.05) is 49.1 Å². The zero-order valence-electron chi connectivity index (χ0n) is 16.5. The first kappa shape index (κ1) is 34.5. The van der Waals surface area contributed by atoms with Gasteiger partial charge in [-0.3, -0.25) is 20.2 Å². The first-order chi connectivity index (χ1) is 12.5. The number of hydrogen-bond acceptors (Lipinski definition) is 10. The van der Waals surface area contributed by atoms with Crippen molar-refractivity contribution in [1.82, 2.24) is 31.9 Å². The van der Waals surface area contributed by atoms with E-state index in [0.717, 1.165) is 0 Å². The molecule has 180 valence electrons. The molecule has 2 bridgehead atoms. The predicted molar refractivity (Wildman–Crippen MR) is 96.7 cm³/mol. The van der Waals surface area contributed by atoms with Crippen molar-refractivity contribution in [3.63, 3.8) is 0 Å². The van der Waals surface area contributed by atoms with Crippen LogP contribution in [0.25, 0.3) is 0 Å². The third-order valence-electron chi connectivity index (χ3n) is 4.93. The van der Waals surface area contributed by atoms with Crippen molar-refractivity contribution in [2.45, 2.75) is 11.1 Å². The maximum atomic E-state index is 11.8. The van der Waals surface area contributed by atoms with Crippen molar-refractivity contribution in [2.24, 2.45) is 0 Å². The minimum absolute atomic E-state index is 0. The van der Waals surface area contributed by atoms with Crippen molar-refractivity contribution in [1.29, 1.82) is 0 Å². The van der Waals surface area contributed by atoms with Gasteiger partial charge in [-0.05, 0) is 0 Å². The molecule has 0 aromatic rings. The molecule has 3 rings (SSSR count). The molecule has 3 saturated heterocycles. The number of halogens is 3. The zero-order valence-corrected chi connectivity index (χ0v) is 19.8. The van der Waals surface area contributed by atoms with Crippen LogP contribution in [0, 0.1) is 20.2 Å². The van der Waals surface area contributed by atoms with Crippen molar-refractivity contribution >= 4 is 0 Å². The minimum atomic E-state index is -1.14. The van der Waals surface area contributed by atoms with Gasteiger partial charge in [0.1, 0.15) is 0 Å². The van der Waals surface area contributed by atoms with Crippen LogP contribution in [0.2, 0.25) is 0 Å². The topological polar surface area (TPSA) is 158 Å². The number of hydrogen-bond donors (Lipinski definition) is 6. The van der Waals surface area contributed by atoms with Gasteiger partial charge in [-0.25, -0.2) is 0 Å². The van der Waals surface area contributed by atoms with Gasteiger partial charge in [-0.15, -0.1) is 0 Å². The Balaban J connectivity index is -0.00000182. The summed E-state index contributed by atoms with van der Waals surface area (Å²) in [6.45, 7) is 4.38. The fraction of sp³-hybridized carbons (Fsp3) is 1.00. The molecule has 0 amide bonds. The molecule has 0 aromatic heterocycles. The summed E-state index contributed by atoms with van der Waals surface area (Å²) >= 11 is 0. The molecule has 0 aromatic carbocycles. The number of nitrogens with one attached hydrogen (secondary N) is 6. The van der Waals surface area contributed by atoms with Gasteiger partial charge >= 0.3 is 16.8 Å². The van der Waals surface area contributed by atoms with Crippen LogP contribution in [0.15, 0.2) is 0 Å². The second kappa shape index (κ2) is 17.5. The molecular formula is C14H30Cl3CoN8O4. The predicted octanol–water partition coefficient (Wildman–Crippen LogP) is -12.4. The smallest absolute Gasteiger partial charge is 1.00 e. The largest absolute Gasteiger partial charge is 3.00 e. The normalized spacial score (nSPS) is 28.7.